The van der Waals surface area contributed by atoms with Crippen molar-refractivity contribution in [1.29, 1.82) is 0 Å². The van der Waals surface area contributed by atoms with E-state index in [1.807, 2.05) is 13.0 Å². The molecule has 0 spiro atoms. The summed E-state index contributed by atoms with van der Waals surface area (Å²) in [7, 11) is 0. The van der Waals surface area contributed by atoms with Crippen molar-refractivity contribution >= 4 is 22.7 Å². The summed E-state index contributed by atoms with van der Waals surface area (Å²) in [5.41, 5.74) is 1.89. The molecule has 2 aromatic carbocycles. The summed E-state index contributed by atoms with van der Waals surface area (Å²) in [5.74, 6) is -4.79. The van der Waals surface area contributed by atoms with E-state index in [-0.39, 0.29) is 5.56 Å². The van der Waals surface area contributed by atoms with Gasteiger partial charge in [-0.15, -0.1) is 0 Å². The maximum absolute atomic E-state index is 13.8. The molecule has 0 aliphatic carbocycles. The van der Waals surface area contributed by atoms with Crippen molar-refractivity contribution in [2.24, 2.45) is 0 Å². The maximum Gasteiger partial charge on any atom is 0.311 e. The first kappa shape index (κ1) is 16.8. The third-order valence-corrected chi connectivity index (χ3v) is 4.25. The lowest BCUT2D eigenvalue weighted by molar-refractivity contribution is -0.138. The minimum atomic E-state index is -1.18. The molecule has 0 fully saturated rings. The third-order valence-electron chi connectivity index (χ3n) is 4.25. The Bertz CT molecular complexity index is 978. The fourth-order valence-corrected chi connectivity index (χ4v) is 2.96. The number of aryl methyl sites for hydroxylation is 1. The van der Waals surface area contributed by atoms with E-state index in [4.69, 9.17) is 0 Å². The molecule has 0 radical (unpaired) electrons. The Morgan fingerprint density at radius 2 is 1.96 bits per heavy atom. The number of aromatic amines is 1. The minimum Gasteiger partial charge on any atom is -0.481 e. The number of hydrogen-bond donors (Lipinski definition) is 2. The number of aliphatic carboxylic acids is 1. The van der Waals surface area contributed by atoms with Gasteiger partial charge in [0.25, 0.3) is 0 Å². The molecule has 0 aliphatic heterocycles. The Hall–Kier alpha value is -3.02. The monoisotopic (exact) mass is 343 g/mol. The lowest BCUT2D eigenvalue weighted by Gasteiger charge is -2.12. The molecule has 0 aliphatic rings. The topological polar surface area (TPSA) is 70.2 Å². The van der Waals surface area contributed by atoms with E-state index in [2.05, 4.69) is 4.98 Å². The summed E-state index contributed by atoms with van der Waals surface area (Å²) >= 11 is 0. The van der Waals surface area contributed by atoms with Crippen LogP contribution in [-0.2, 0) is 4.79 Å². The molecular formula is C19H15F2NO3. The van der Waals surface area contributed by atoms with Gasteiger partial charge in [-0.1, -0.05) is 18.2 Å². The zero-order valence-corrected chi connectivity index (χ0v) is 13.3. The van der Waals surface area contributed by atoms with E-state index in [9.17, 15) is 23.5 Å². The molecule has 0 bridgehead atoms. The number of fused-ring (bicyclic) bond motifs is 1. The van der Waals surface area contributed by atoms with Gasteiger partial charge in [-0.2, -0.15) is 0 Å². The molecule has 0 amide bonds. The van der Waals surface area contributed by atoms with Crippen LogP contribution in [0.5, 0.6) is 0 Å². The Labute approximate surface area is 142 Å². The Kier molecular flexibility index (Phi) is 4.35. The average Bonchev–Trinajstić information content (AvgIpc) is 2.97. The highest BCUT2D eigenvalue weighted by Gasteiger charge is 2.27. The number of nitrogens with one attached hydrogen (secondary N) is 1. The molecular weight excluding hydrogens is 328 g/mol. The number of H-pyrrole nitrogens is 1. The van der Waals surface area contributed by atoms with E-state index in [0.717, 1.165) is 23.2 Å². The number of rotatable bonds is 5. The Morgan fingerprint density at radius 3 is 2.64 bits per heavy atom. The van der Waals surface area contributed by atoms with Gasteiger partial charge in [0, 0.05) is 29.6 Å². The number of aromatic nitrogens is 1. The molecule has 25 heavy (non-hydrogen) atoms. The Morgan fingerprint density at radius 1 is 1.20 bits per heavy atom. The van der Waals surface area contributed by atoms with E-state index in [1.54, 1.807) is 18.3 Å². The second kappa shape index (κ2) is 6.47. The summed E-state index contributed by atoms with van der Waals surface area (Å²) in [6.07, 6.45) is 1.14. The lowest BCUT2D eigenvalue weighted by Crippen LogP contribution is -2.17. The number of carbonyl (C=O) groups is 2. The molecule has 1 aromatic heterocycles. The highest BCUT2D eigenvalue weighted by molar-refractivity contribution is 6.00. The normalized spacial score (nSPS) is 12.3. The number of ketones is 1. The number of para-hydroxylation sites is 1. The predicted molar refractivity (Wildman–Crippen MR) is 88.7 cm³/mol. The zero-order valence-electron chi connectivity index (χ0n) is 13.3. The SMILES string of the molecule is Cc1cccc2c(C(CC(=O)c3ccc(F)cc3F)C(=O)O)c[nH]c12. The number of hydrogen-bond acceptors (Lipinski definition) is 2. The molecule has 0 saturated carbocycles. The highest BCUT2D eigenvalue weighted by atomic mass is 19.1. The summed E-state index contributed by atoms with van der Waals surface area (Å²) in [6.45, 7) is 1.89. The fourth-order valence-electron chi connectivity index (χ4n) is 2.96. The van der Waals surface area contributed by atoms with Crippen LogP contribution in [0, 0.1) is 18.6 Å². The number of Topliss-reactive ketones (excluding diaryl/α,β-unsaturated/α-hetero) is 1. The van der Waals surface area contributed by atoms with Gasteiger partial charge in [0.1, 0.15) is 11.6 Å². The van der Waals surface area contributed by atoms with Crippen molar-refractivity contribution < 1.29 is 23.5 Å². The summed E-state index contributed by atoms with van der Waals surface area (Å²) in [4.78, 5) is 27.1. The van der Waals surface area contributed by atoms with Gasteiger partial charge >= 0.3 is 5.97 Å². The van der Waals surface area contributed by atoms with E-state index >= 15 is 0 Å². The molecule has 1 unspecified atom stereocenters. The summed E-state index contributed by atoms with van der Waals surface area (Å²) in [5, 5.41) is 10.3. The average molecular weight is 343 g/mol. The molecule has 6 heteroatoms. The molecule has 3 rings (SSSR count). The van der Waals surface area contributed by atoms with Crippen LogP contribution < -0.4 is 0 Å². The number of halogens is 2. The zero-order chi connectivity index (χ0) is 18.1. The fraction of sp³-hybridized carbons (Fsp3) is 0.158. The lowest BCUT2D eigenvalue weighted by atomic mass is 9.91. The first-order valence-corrected chi connectivity index (χ1v) is 7.66. The van der Waals surface area contributed by atoms with Crippen molar-refractivity contribution in [3.63, 3.8) is 0 Å². The minimum absolute atomic E-state index is 0.316. The first-order chi connectivity index (χ1) is 11.9. The van der Waals surface area contributed by atoms with E-state index < -0.39 is 35.7 Å². The number of carboxylic acids is 1. The van der Waals surface area contributed by atoms with Crippen LogP contribution in [0.3, 0.4) is 0 Å². The van der Waals surface area contributed by atoms with Crippen molar-refractivity contribution in [2.75, 3.05) is 0 Å². The van der Waals surface area contributed by atoms with Gasteiger partial charge in [0.05, 0.1) is 11.5 Å². The third kappa shape index (κ3) is 3.15. The van der Waals surface area contributed by atoms with Crippen molar-refractivity contribution in [1.82, 2.24) is 4.98 Å². The van der Waals surface area contributed by atoms with Crippen LogP contribution in [0.15, 0.2) is 42.6 Å². The molecule has 4 nitrogen and oxygen atoms in total. The molecule has 3 aromatic rings. The van der Waals surface area contributed by atoms with Gasteiger partial charge < -0.3 is 10.1 Å². The van der Waals surface area contributed by atoms with Gasteiger partial charge in [-0.05, 0) is 30.2 Å². The molecule has 1 atom stereocenters. The summed E-state index contributed by atoms with van der Waals surface area (Å²) in [6, 6.07) is 8.07. The van der Waals surface area contributed by atoms with Crippen LogP contribution >= 0.6 is 0 Å². The first-order valence-electron chi connectivity index (χ1n) is 7.66. The van der Waals surface area contributed by atoms with Crippen LogP contribution in [0.4, 0.5) is 8.78 Å². The molecule has 0 saturated heterocycles. The highest BCUT2D eigenvalue weighted by Crippen LogP contribution is 2.31. The molecule has 1 heterocycles. The second-order valence-electron chi connectivity index (χ2n) is 5.88. The summed E-state index contributed by atoms with van der Waals surface area (Å²) < 4.78 is 26.8. The van der Waals surface area contributed by atoms with Crippen molar-refractivity contribution in [2.45, 2.75) is 19.3 Å². The van der Waals surface area contributed by atoms with Gasteiger partial charge in [-0.25, -0.2) is 8.78 Å². The van der Waals surface area contributed by atoms with Crippen LogP contribution in [-0.4, -0.2) is 21.8 Å². The number of carboxylic acid groups (broad SMARTS) is 1. The van der Waals surface area contributed by atoms with Gasteiger partial charge in [0.2, 0.25) is 0 Å². The Balaban J connectivity index is 1.97. The second-order valence-corrected chi connectivity index (χ2v) is 5.88. The smallest absolute Gasteiger partial charge is 0.311 e. The van der Waals surface area contributed by atoms with Crippen LogP contribution in [0.2, 0.25) is 0 Å². The predicted octanol–water partition coefficient (Wildman–Crippen LogP) is 4.20. The molecule has 128 valence electrons. The van der Waals surface area contributed by atoms with E-state index in [0.29, 0.717) is 17.0 Å². The van der Waals surface area contributed by atoms with E-state index in [1.165, 1.54) is 0 Å². The standard InChI is InChI=1S/C19H15F2NO3/c1-10-3-2-4-12-15(9-22-18(10)12)14(19(24)25)8-17(23)13-6-5-11(20)7-16(13)21/h2-7,9,14,22H,8H2,1H3,(H,24,25). The van der Waals surface area contributed by atoms with Crippen LogP contribution in [0.1, 0.15) is 33.8 Å². The van der Waals surface area contributed by atoms with Crippen LogP contribution in [0.25, 0.3) is 10.9 Å². The maximum atomic E-state index is 13.8. The van der Waals surface area contributed by atoms with Crippen molar-refractivity contribution in [3.05, 3.63) is 70.9 Å². The van der Waals surface area contributed by atoms with Gasteiger partial charge in [-0.3, -0.25) is 9.59 Å². The number of benzene rings is 2. The largest absolute Gasteiger partial charge is 0.481 e. The number of carbonyl (C=O) groups excluding carboxylic acids is 1. The van der Waals surface area contributed by atoms with Gasteiger partial charge in [0.15, 0.2) is 5.78 Å². The quantitative estimate of drug-likeness (QED) is 0.682. The van der Waals surface area contributed by atoms with Crippen molar-refractivity contribution in [3.8, 4) is 0 Å². The molecule has 2 N–H and O–H groups in total.